The predicted molar refractivity (Wildman–Crippen MR) is 102 cm³/mol. The minimum absolute atomic E-state index is 0. The van der Waals surface area contributed by atoms with E-state index in [2.05, 4.69) is 5.32 Å². The van der Waals surface area contributed by atoms with Crippen molar-refractivity contribution in [1.29, 1.82) is 0 Å². The number of hydrogen-bond donors (Lipinski definition) is 1. The fraction of sp³-hybridized carbons (Fsp3) is 0.333. The second-order valence-corrected chi connectivity index (χ2v) is 7.22. The molecule has 0 aliphatic heterocycles. The fourth-order valence-corrected chi connectivity index (χ4v) is 3.38. The molecular weight excluding hydrogens is 362 g/mol. The van der Waals surface area contributed by atoms with Crippen molar-refractivity contribution in [2.75, 3.05) is 32.1 Å². The third-order valence-electron chi connectivity index (χ3n) is 3.34. The summed E-state index contributed by atoms with van der Waals surface area (Å²) in [6.07, 6.45) is 0. The van der Waals surface area contributed by atoms with Crippen molar-refractivity contribution in [3.05, 3.63) is 54.6 Å². The SMILES string of the molecule is CCOc1ccccc1OCCNCCS(=O)(=O)c1ccccc1.Cl. The van der Waals surface area contributed by atoms with Crippen LogP contribution in [0, 0.1) is 0 Å². The van der Waals surface area contributed by atoms with Crippen LogP contribution in [-0.4, -0.2) is 40.5 Å². The number of ether oxygens (including phenoxy) is 2. The Balaban J connectivity index is 0.00000312. The Labute approximate surface area is 155 Å². The molecule has 5 nitrogen and oxygen atoms in total. The Morgan fingerprint density at radius 1 is 0.880 bits per heavy atom. The minimum atomic E-state index is -3.24. The number of sulfone groups is 1. The van der Waals surface area contributed by atoms with Gasteiger partial charge in [-0.1, -0.05) is 30.3 Å². The van der Waals surface area contributed by atoms with Gasteiger partial charge in [-0.2, -0.15) is 0 Å². The van der Waals surface area contributed by atoms with Gasteiger partial charge in [-0.15, -0.1) is 12.4 Å². The van der Waals surface area contributed by atoms with Crippen molar-refractivity contribution in [2.45, 2.75) is 11.8 Å². The van der Waals surface area contributed by atoms with Crippen LogP contribution in [0.25, 0.3) is 0 Å². The van der Waals surface area contributed by atoms with E-state index in [4.69, 9.17) is 9.47 Å². The first-order valence-corrected chi connectivity index (χ1v) is 9.62. The van der Waals surface area contributed by atoms with Crippen LogP contribution in [0.1, 0.15) is 6.92 Å². The average molecular weight is 386 g/mol. The Bertz CT molecular complexity index is 723. The molecule has 0 spiro atoms. The zero-order chi connectivity index (χ0) is 17.3. The van der Waals surface area contributed by atoms with Gasteiger partial charge in [0.1, 0.15) is 6.61 Å². The molecule has 2 aromatic carbocycles. The van der Waals surface area contributed by atoms with Crippen LogP contribution in [0.5, 0.6) is 11.5 Å². The van der Waals surface area contributed by atoms with Gasteiger partial charge in [-0.25, -0.2) is 8.42 Å². The van der Waals surface area contributed by atoms with E-state index in [-0.39, 0.29) is 18.2 Å². The van der Waals surface area contributed by atoms with Crippen molar-refractivity contribution < 1.29 is 17.9 Å². The van der Waals surface area contributed by atoms with Crippen LogP contribution < -0.4 is 14.8 Å². The predicted octanol–water partition coefficient (Wildman–Crippen LogP) is 2.95. The molecule has 0 fully saturated rings. The normalized spacial score (nSPS) is 10.8. The number of para-hydroxylation sites is 2. The van der Waals surface area contributed by atoms with E-state index in [0.717, 1.165) is 0 Å². The van der Waals surface area contributed by atoms with Crippen LogP contribution in [0.2, 0.25) is 0 Å². The molecule has 0 aliphatic carbocycles. The lowest BCUT2D eigenvalue weighted by molar-refractivity contribution is 0.276. The summed E-state index contributed by atoms with van der Waals surface area (Å²) in [5, 5.41) is 3.09. The van der Waals surface area contributed by atoms with Gasteiger partial charge in [-0.05, 0) is 31.2 Å². The molecule has 7 heteroatoms. The summed E-state index contributed by atoms with van der Waals surface area (Å²) in [6, 6.07) is 16.0. The summed E-state index contributed by atoms with van der Waals surface area (Å²) in [5.41, 5.74) is 0. The number of benzene rings is 2. The minimum Gasteiger partial charge on any atom is -0.490 e. The lowest BCUT2D eigenvalue weighted by Crippen LogP contribution is -2.27. The Kier molecular flexibility index (Phi) is 9.34. The molecule has 0 heterocycles. The maximum Gasteiger partial charge on any atom is 0.179 e. The number of rotatable bonds is 10. The van der Waals surface area contributed by atoms with Crippen LogP contribution in [-0.2, 0) is 9.84 Å². The molecule has 0 aromatic heterocycles. The third-order valence-corrected chi connectivity index (χ3v) is 5.07. The largest absolute Gasteiger partial charge is 0.490 e. The van der Waals surface area contributed by atoms with Gasteiger partial charge in [0.15, 0.2) is 21.3 Å². The highest BCUT2D eigenvalue weighted by Crippen LogP contribution is 2.25. The second-order valence-electron chi connectivity index (χ2n) is 5.11. The topological polar surface area (TPSA) is 64.6 Å². The van der Waals surface area contributed by atoms with E-state index in [1.165, 1.54) is 0 Å². The van der Waals surface area contributed by atoms with Crippen molar-refractivity contribution in [3.8, 4) is 11.5 Å². The average Bonchev–Trinajstić information content (AvgIpc) is 2.60. The van der Waals surface area contributed by atoms with Crippen molar-refractivity contribution in [1.82, 2.24) is 5.32 Å². The van der Waals surface area contributed by atoms with E-state index in [1.54, 1.807) is 30.3 Å². The van der Waals surface area contributed by atoms with Crippen molar-refractivity contribution in [2.24, 2.45) is 0 Å². The van der Waals surface area contributed by atoms with E-state index in [9.17, 15) is 8.42 Å². The molecule has 138 valence electrons. The molecule has 0 aliphatic rings. The summed E-state index contributed by atoms with van der Waals surface area (Å²) < 4.78 is 35.4. The molecule has 1 N–H and O–H groups in total. The second kappa shape index (κ2) is 11.0. The van der Waals surface area contributed by atoms with Gasteiger partial charge in [0.05, 0.1) is 17.3 Å². The van der Waals surface area contributed by atoms with Gasteiger partial charge in [0.25, 0.3) is 0 Å². The lowest BCUT2D eigenvalue weighted by Gasteiger charge is -2.12. The van der Waals surface area contributed by atoms with Crippen molar-refractivity contribution in [3.63, 3.8) is 0 Å². The van der Waals surface area contributed by atoms with Gasteiger partial charge in [-0.3, -0.25) is 0 Å². The molecule has 0 amide bonds. The molecule has 0 atom stereocenters. The fourth-order valence-electron chi connectivity index (χ4n) is 2.15. The van der Waals surface area contributed by atoms with Gasteiger partial charge in [0.2, 0.25) is 0 Å². The first-order chi connectivity index (χ1) is 11.6. The monoisotopic (exact) mass is 385 g/mol. The van der Waals surface area contributed by atoms with Crippen LogP contribution in [0.4, 0.5) is 0 Å². The zero-order valence-corrected chi connectivity index (χ0v) is 15.8. The summed E-state index contributed by atoms with van der Waals surface area (Å²) >= 11 is 0. The molecular formula is C18H24ClNO4S. The first-order valence-electron chi connectivity index (χ1n) is 7.96. The van der Waals surface area contributed by atoms with Crippen LogP contribution in [0.3, 0.4) is 0 Å². The van der Waals surface area contributed by atoms with E-state index < -0.39 is 9.84 Å². The Morgan fingerprint density at radius 2 is 1.48 bits per heavy atom. The zero-order valence-electron chi connectivity index (χ0n) is 14.2. The van der Waals surface area contributed by atoms with Crippen molar-refractivity contribution >= 4 is 22.2 Å². The van der Waals surface area contributed by atoms with E-state index in [0.29, 0.717) is 42.7 Å². The van der Waals surface area contributed by atoms with Crippen LogP contribution in [0.15, 0.2) is 59.5 Å². The summed E-state index contributed by atoms with van der Waals surface area (Å²) in [7, 11) is -3.24. The summed E-state index contributed by atoms with van der Waals surface area (Å²) in [5.74, 6) is 1.47. The molecule has 0 radical (unpaired) electrons. The number of hydrogen-bond acceptors (Lipinski definition) is 5. The highest BCUT2D eigenvalue weighted by Gasteiger charge is 2.12. The molecule has 2 aromatic rings. The smallest absolute Gasteiger partial charge is 0.179 e. The number of nitrogens with one attached hydrogen (secondary N) is 1. The maximum atomic E-state index is 12.1. The van der Waals surface area contributed by atoms with E-state index >= 15 is 0 Å². The third kappa shape index (κ3) is 6.94. The first kappa shape index (κ1) is 21.3. The van der Waals surface area contributed by atoms with Gasteiger partial charge >= 0.3 is 0 Å². The molecule has 0 saturated heterocycles. The van der Waals surface area contributed by atoms with Gasteiger partial charge < -0.3 is 14.8 Å². The van der Waals surface area contributed by atoms with Crippen LogP contribution >= 0.6 is 12.4 Å². The molecule has 0 unspecified atom stereocenters. The number of halogens is 1. The Morgan fingerprint density at radius 3 is 2.12 bits per heavy atom. The standard InChI is InChI=1S/C18H23NO4S.ClH/c1-2-22-17-10-6-7-11-18(17)23-14-12-19-13-15-24(20,21)16-8-4-3-5-9-16;/h3-11,19H,2,12-15H2,1H3;1H. The Hall–Kier alpha value is -1.76. The highest BCUT2D eigenvalue weighted by atomic mass is 35.5. The summed E-state index contributed by atoms with van der Waals surface area (Å²) in [4.78, 5) is 0.355. The summed E-state index contributed by atoms with van der Waals surface area (Å²) in [6.45, 7) is 3.88. The quantitative estimate of drug-likeness (QED) is 0.637. The molecule has 0 saturated carbocycles. The lowest BCUT2D eigenvalue weighted by atomic mass is 10.3. The van der Waals surface area contributed by atoms with E-state index in [1.807, 2.05) is 31.2 Å². The molecule has 25 heavy (non-hydrogen) atoms. The maximum absolute atomic E-state index is 12.1. The molecule has 2 rings (SSSR count). The van der Waals surface area contributed by atoms with Gasteiger partial charge in [0, 0.05) is 13.1 Å². The highest BCUT2D eigenvalue weighted by molar-refractivity contribution is 7.91. The molecule has 0 bridgehead atoms.